The van der Waals surface area contributed by atoms with Crippen molar-refractivity contribution in [3.8, 4) is 0 Å². The molecule has 0 unspecified atom stereocenters. The number of aryl methyl sites for hydroxylation is 1. The lowest BCUT2D eigenvalue weighted by atomic mass is 9.86. The first-order valence-corrected chi connectivity index (χ1v) is 8.98. The van der Waals surface area contributed by atoms with E-state index in [4.69, 9.17) is 0 Å². The van der Waals surface area contributed by atoms with Crippen LogP contribution in [0.4, 0.5) is 5.13 Å². The highest BCUT2D eigenvalue weighted by atomic mass is 32.1. The molecule has 1 N–H and O–H groups in total. The minimum absolute atomic E-state index is 0.147. The smallest absolute Gasteiger partial charge is 0.275 e. The van der Waals surface area contributed by atoms with Crippen LogP contribution in [0.25, 0.3) is 4.96 Å². The van der Waals surface area contributed by atoms with Gasteiger partial charge in [-0.15, -0.1) is 5.10 Å². The summed E-state index contributed by atoms with van der Waals surface area (Å²) in [4.78, 5) is 16.5. The van der Waals surface area contributed by atoms with E-state index in [-0.39, 0.29) is 11.0 Å². The van der Waals surface area contributed by atoms with Crippen molar-refractivity contribution in [2.75, 3.05) is 11.9 Å². The quantitative estimate of drug-likeness (QED) is 0.712. The molecule has 1 aromatic carbocycles. The third kappa shape index (κ3) is 4.20. The molecule has 0 amide bonds. The summed E-state index contributed by atoms with van der Waals surface area (Å²) in [5.41, 5.74) is 1.40. The summed E-state index contributed by atoms with van der Waals surface area (Å²) >= 11 is 1.40. The molecular formula is C18H22N4OS. The van der Waals surface area contributed by atoms with Crippen LogP contribution >= 0.6 is 11.3 Å². The second-order valence-electron chi connectivity index (χ2n) is 6.74. The molecule has 6 heteroatoms. The van der Waals surface area contributed by atoms with Gasteiger partial charge in [0.2, 0.25) is 10.1 Å². The van der Waals surface area contributed by atoms with Crippen molar-refractivity contribution in [2.24, 2.45) is 5.41 Å². The Hall–Kier alpha value is -2.21. The van der Waals surface area contributed by atoms with E-state index in [1.54, 1.807) is 0 Å². The van der Waals surface area contributed by atoms with E-state index < -0.39 is 0 Å². The van der Waals surface area contributed by atoms with Crippen LogP contribution in [0.5, 0.6) is 0 Å². The van der Waals surface area contributed by atoms with Crippen LogP contribution in [0.15, 0.2) is 47.4 Å². The van der Waals surface area contributed by atoms with Gasteiger partial charge in [-0.05, 0) is 30.2 Å². The number of nitrogens with one attached hydrogen (secondary N) is 1. The molecule has 0 aliphatic carbocycles. The Kier molecular flexibility index (Phi) is 4.94. The number of anilines is 1. The summed E-state index contributed by atoms with van der Waals surface area (Å²) in [5, 5.41) is 8.39. The lowest BCUT2D eigenvalue weighted by Crippen LogP contribution is -2.23. The van der Waals surface area contributed by atoms with Crippen LogP contribution in [0.2, 0.25) is 0 Å². The van der Waals surface area contributed by atoms with Crippen LogP contribution in [0.1, 0.15) is 32.3 Å². The third-order valence-corrected chi connectivity index (χ3v) is 4.93. The van der Waals surface area contributed by atoms with Gasteiger partial charge in [0.25, 0.3) is 5.56 Å². The maximum Gasteiger partial charge on any atom is 0.275 e. The van der Waals surface area contributed by atoms with E-state index in [2.05, 4.69) is 59.6 Å². The normalized spacial score (nSPS) is 11.8. The highest BCUT2D eigenvalue weighted by molar-refractivity contribution is 7.20. The standard InChI is InChI=1S/C18H22N4OS/c1-18(2,11-6-9-14-7-4-3-5-8-14)13-20-16-21-22-15(23)10-12-19-17(22)24-16/h3-5,7-8,10,12H,6,9,11,13H2,1-2H3,(H,20,21). The predicted octanol–water partition coefficient (Wildman–Crippen LogP) is 3.61. The van der Waals surface area contributed by atoms with Gasteiger partial charge in [-0.1, -0.05) is 55.5 Å². The van der Waals surface area contributed by atoms with Gasteiger partial charge in [-0.3, -0.25) is 4.79 Å². The minimum Gasteiger partial charge on any atom is -0.360 e. The van der Waals surface area contributed by atoms with Gasteiger partial charge in [0, 0.05) is 18.8 Å². The highest BCUT2D eigenvalue weighted by Crippen LogP contribution is 2.25. The topological polar surface area (TPSA) is 59.3 Å². The molecule has 0 bridgehead atoms. The number of aromatic nitrogens is 3. The van der Waals surface area contributed by atoms with Gasteiger partial charge in [0.05, 0.1) is 0 Å². The van der Waals surface area contributed by atoms with Crippen LogP contribution in [0, 0.1) is 5.41 Å². The Bertz CT molecular complexity index is 854. The molecule has 2 aromatic heterocycles. The first kappa shape index (κ1) is 16.6. The number of hydrogen-bond donors (Lipinski definition) is 1. The van der Waals surface area contributed by atoms with Crippen molar-refractivity contribution >= 4 is 21.4 Å². The molecule has 0 radical (unpaired) electrons. The largest absolute Gasteiger partial charge is 0.360 e. The summed E-state index contributed by atoms with van der Waals surface area (Å²) in [6.45, 7) is 5.32. The molecule has 0 saturated heterocycles. The second-order valence-corrected chi connectivity index (χ2v) is 7.70. The maximum absolute atomic E-state index is 11.7. The van der Waals surface area contributed by atoms with Crippen molar-refractivity contribution in [2.45, 2.75) is 33.1 Å². The van der Waals surface area contributed by atoms with Crippen molar-refractivity contribution < 1.29 is 0 Å². The molecule has 0 fully saturated rings. The van der Waals surface area contributed by atoms with Gasteiger partial charge in [0.1, 0.15) is 0 Å². The molecule has 0 spiro atoms. The lowest BCUT2D eigenvalue weighted by molar-refractivity contribution is 0.347. The SMILES string of the molecule is CC(C)(CCCc1ccccc1)CNc1nn2c(=O)ccnc2s1. The van der Waals surface area contributed by atoms with Gasteiger partial charge < -0.3 is 5.32 Å². The van der Waals surface area contributed by atoms with Crippen LogP contribution < -0.4 is 10.9 Å². The van der Waals surface area contributed by atoms with Gasteiger partial charge in [-0.2, -0.15) is 4.52 Å². The fourth-order valence-corrected chi connectivity index (χ4v) is 3.40. The summed E-state index contributed by atoms with van der Waals surface area (Å²) in [6, 6.07) is 12.0. The number of benzene rings is 1. The highest BCUT2D eigenvalue weighted by Gasteiger charge is 2.18. The fraction of sp³-hybridized carbons (Fsp3) is 0.389. The summed E-state index contributed by atoms with van der Waals surface area (Å²) < 4.78 is 1.34. The van der Waals surface area contributed by atoms with Crippen molar-refractivity contribution in [1.82, 2.24) is 14.6 Å². The molecule has 3 rings (SSSR count). The molecule has 3 aromatic rings. The molecule has 0 aliphatic rings. The first-order valence-electron chi connectivity index (χ1n) is 8.16. The maximum atomic E-state index is 11.7. The molecule has 24 heavy (non-hydrogen) atoms. The summed E-state index contributed by atoms with van der Waals surface area (Å²) in [5.74, 6) is 0. The monoisotopic (exact) mass is 342 g/mol. The van der Waals surface area contributed by atoms with Gasteiger partial charge >= 0.3 is 0 Å². The number of nitrogens with zero attached hydrogens (tertiary/aromatic N) is 3. The van der Waals surface area contributed by atoms with E-state index in [0.29, 0.717) is 4.96 Å². The van der Waals surface area contributed by atoms with Crippen molar-refractivity contribution in [3.63, 3.8) is 0 Å². The zero-order chi connectivity index (χ0) is 17.0. The predicted molar refractivity (Wildman–Crippen MR) is 98.8 cm³/mol. The molecule has 126 valence electrons. The minimum atomic E-state index is -0.147. The van der Waals surface area contributed by atoms with E-state index in [1.165, 1.54) is 33.7 Å². The lowest BCUT2D eigenvalue weighted by Gasteiger charge is -2.24. The van der Waals surface area contributed by atoms with Crippen LogP contribution in [-0.4, -0.2) is 21.1 Å². The molecular weight excluding hydrogens is 320 g/mol. The Labute approximate surface area is 145 Å². The van der Waals surface area contributed by atoms with E-state index >= 15 is 0 Å². The van der Waals surface area contributed by atoms with E-state index in [9.17, 15) is 4.79 Å². The zero-order valence-electron chi connectivity index (χ0n) is 14.0. The Morgan fingerprint density at radius 3 is 2.75 bits per heavy atom. The molecule has 0 saturated carbocycles. The molecule has 0 aliphatic heterocycles. The number of fused-ring (bicyclic) bond motifs is 1. The summed E-state index contributed by atoms with van der Waals surface area (Å²) in [6.07, 6.45) is 4.90. The third-order valence-electron chi connectivity index (χ3n) is 4.05. The van der Waals surface area contributed by atoms with Crippen LogP contribution in [0.3, 0.4) is 0 Å². The van der Waals surface area contributed by atoms with E-state index in [1.807, 2.05) is 0 Å². The van der Waals surface area contributed by atoms with Gasteiger partial charge in [0.15, 0.2) is 0 Å². The average molecular weight is 342 g/mol. The fourth-order valence-electron chi connectivity index (χ4n) is 2.63. The Balaban J connectivity index is 1.54. The summed E-state index contributed by atoms with van der Waals surface area (Å²) in [7, 11) is 0. The van der Waals surface area contributed by atoms with Crippen LogP contribution in [-0.2, 0) is 6.42 Å². The second kappa shape index (κ2) is 7.13. The zero-order valence-corrected chi connectivity index (χ0v) is 14.8. The Morgan fingerprint density at radius 1 is 1.21 bits per heavy atom. The number of hydrogen-bond acceptors (Lipinski definition) is 5. The average Bonchev–Trinajstić information content (AvgIpc) is 2.99. The first-order chi connectivity index (χ1) is 11.5. The molecule has 0 atom stereocenters. The van der Waals surface area contributed by atoms with Crippen molar-refractivity contribution in [3.05, 3.63) is 58.5 Å². The van der Waals surface area contributed by atoms with E-state index in [0.717, 1.165) is 30.9 Å². The Morgan fingerprint density at radius 2 is 2.00 bits per heavy atom. The van der Waals surface area contributed by atoms with Gasteiger partial charge in [-0.25, -0.2) is 4.98 Å². The van der Waals surface area contributed by atoms with Crippen molar-refractivity contribution in [1.29, 1.82) is 0 Å². The molecule has 5 nitrogen and oxygen atoms in total. The number of rotatable bonds is 7. The molecule has 2 heterocycles.